The number of rotatable bonds is 1. The van der Waals surface area contributed by atoms with Crippen molar-refractivity contribution in [2.24, 2.45) is 10.7 Å². The summed E-state index contributed by atoms with van der Waals surface area (Å²) in [6.45, 7) is 10.1. The predicted octanol–water partition coefficient (Wildman–Crippen LogP) is 2.52. The van der Waals surface area contributed by atoms with Gasteiger partial charge in [-0.2, -0.15) is 0 Å². The highest BCUT2D eigenvalue weighted by atomic mass is 16.5. The molecule has 2 fully saturated rings. The van der Waals surface area contributed by atoms with Crippen molar-refractivity contribution in [2.75, 3.05) is 13.1 Å². The summed E-state index contributed by atoms with van der Waals surface area (Å²) in [6.07, 6.45) is 6.32. The molecule has 0 aromatic heterocycles. The monoisotopic (exact) mass is 267 g/mol. The van der Waals surface area contributed by atoms with E-state index in [1.54, 1.807) is 0 Å². The number of nitrogens with two attached hydrogens (primary N) is 1. The molecule has 0 amide bonds. The van der Waals surface area contributed by atoms with Crippen molar-refractivity contribution in [3.05, 3.63) is 0 Å². The van der Waals surface area contributed by atoms with Gasteiger partial charge in [-0.05, 0) is 40.5 Å². The van der Waals surface area contributed by atoms with Crippen molar-refractivity contribution >= 4 is 5.96 Å². The van der Waals surface area contributed by atoms with Gasteiger partial charge in [0.1, 0.15) is 0 Å². The van der Waals surface area contributed by atoms with Crippen molar-refractivity contribution in [3.8, 4) is 0 Å². The van der Waals surface area contributed by atoms with Crippen LogP contribution in [0.25, 0.3) is 0 Å². The second-order valence-corrected chi connectivity index (χ2v) is 7.26. The van der Waals surface area contributed by atoms with Gasteiger partial charge in [0.05, 0.1) is 17.2 Å². The molecule has 4 nitrogen and oxygen atoms in total. The molecule has 0 aromatic rings. The highest BCUT2D eigenvalue weighted by molar-refractivity contribution is 5.78. The molecule has 1 heterocycles. The first-order valence-electron chi connectivity index (χ1n) is 7.56. The molecule has 110 valence electrons. The van der Waals surface area contributed by atoms with Crippen molar-refractivity contribution in [1.29, 1.82) is 0 Å². The Bertz CT molecular complexity index is 327. The summed E-state index contributed by atoms with van der Waals surface area (Å²) in [4.78, 5) is 6.95. The molecule has 1 aliphatic carbocycles. The van der Waals surface area contributed by atoms with Crippen LogP contribution in [0.15, 0.2) is 4.99 Å². The molecule has 0 radical (unpaired) electrons. The van der Waals surface area contributed by atoms with Gasteiger partial charge in [-0.1, -0.05) is 19.3 Å². The molecule has 0 bridgehead atoms. The van der Waals surface area contributed by atoms with Crippen molar-refractivity contribution in [2.45, 2.75) is 77.0 Å². The highest BCUT2D eigenvalue weighted by Gasteiger charge is 2.39. The standard InChI is InChI=1S/C15H29N3O/c1-14(2)10-18(11-15(3,4)19-14)13(16)17-12-8-6-5-7-9-12/h12H,5-11H2,1-4H3,(H2,16,17). The van der Waals surface area contributed by atoms with Gasteiger partial charge in [0.25, 0.3) is 0 Å². The second kappa shape index (κ2) is 5.31. The van der Waals surface area contributed by atoms with Gasteiger partial charge >= 0.3 is 0 Å². The third-order valence-corrected chi connectivity index (χ3v) is 3.91. The maximum atomic E-state index is 6.24. The van der Waals surface area contributed by atoms with Crippen LogP contribution in [0.5, 0.6) is 0 Å². The van der Waals surface area contributed by atoms with Gasteiger partial charge in [-0.3, -0.25) is 0 Å². The first-order chi connectivity index (χ1) is 8.77. The Morgan fingerprint density at radius 1 is 1.05 bits per heavy atom. The molecule has 2 rings (SSSR count). The Morgan fingerprint density at radius 2 is 1.58 bits per heavy atom. The van der Waals surface area contributed by atoms with Gasteiger partial charge in [-0.25, -0.2) is 4.99 Å². The highest BCUT2D eigenvalue weighted by Crippen LogP contribution is 2.28. The molecule has 1 saturated heterocycles. The molecule has 19 heavy (non-hydrogen) atoms. The molecule has 2 aliphatic rings. The predicted molar refractivity (Wildman–Crippen MR) is 79.3 cm³/mol. The van der Waals surface area contributed by atoms with Crippen LogP contribution in [0.4, 0.5) is 0 Å². The van der Waals surface area contributed by atoms with Crippen LogP contribution in [-0.2, 0) is 4.74 Å². The minimum absolute atomic E-state index is 0.172. The fourth-order valence-corrected chi connectivity index (χ4v) is 3.43. The number of hydrogen-bond acceptors (Lipinski definition) is 2. The quantitative estimate of drug-likeness (QED) is 0.586. The number of aliphatic imine (C=N–C) groups is 1. The van der Waals surface area contributed by atoms with Crippen LogP contribution >= 0.6 is 0 Å². The maximum absolute atomic E-state index is 6.24. The number of ether oxygens (including phenoxy) is 1. The maximum Gasteiger partial charge on any atom is 0.191 e. The van der Waals surface area contributed by atoms with Crippen LogP contribution < -0.4 is 5.73 Å². The van der Waals surface area contributed by atoms with E-state index in [4.69, 9.17) is 15.5 Å². The number of nitrogens with zero attached hydrogens (tertiary/aromatic N) is 2. The van der Waals surface area contributed by atoms with E-state index in [0.717, 1.165) is 13.1 Å². The van der Waals surface area contributed by atoms with Gasteiger partial charge in [-0.15, -0.1) is 0 Å². The summed E-state index contributed by atoms with van der Waals surface area (Å²) in [6, 6.07) is 0.433. The van der Waals surface area contributed by atoms with Crippen LogP contribution in [0.1, 0.15) is 59.8 Å². The summed E-state index contributed by atoms with van der Waals surface area (Å²) in [5.74, 6) is 0.705. The number of hydrogen-bond donors (Lipinski definition) is 1. The third kappa shape index (κ3) is 4.10. The van der Waals surface area contributed by atoms with Gasteiger partial charge in [0.15, 0.2) is 5.96 Å². The van der Waals surface area contributed by atoms with E-state index >= 15 is 0 Å². The summed E-state index contributed by atoms with van der Waals surface area (Å²) in [7, 11) is 0. The zero-order valence-corrected chi connectivity index (χ0v) is 12.9. The normalized spacial score (nSPS) is 28.4. The van der Waals surface area contributed by atoms with E-state index in [-0.39, 0.29) is 11.2 Å². The van der Waals surface area contributed by atoms with E-state index < -0.39 is 0 Å². The SMILES string of the molecule is CC1(C)CN(C(N)=NC2CCCCC2)CC(C)(C)O1. The van der Waals surface area contributed by atoms with E-state index in [1.165, 1.54) is 32.1 Å². The summed E-state index contributed by atoms with van der Waals surface area (Å²) < 4.78 is 6.08. The Balaban J connectivity index is 2.04. The average molecular weight is 267 g/mol. The molecule has 1 saturated carbocycles. The second-order valence-electron chi connectivity index (χ2n) is 7.26. The lowest BCUT2D eigenvalue weighted by atomic mass is 9.96. The first kappa shape index (κ1) is 14.6. The average Bonchev–Trinajstić information content (AvgIpc) is 2.26. The lowest BCUT2D eigenvalue weighted by Crippen LogP contribution is -2.60. The largest absolute Gasteiger partial charge is 0.370 e. The van der Waals surface area contributed by atoms with Gasteiger partial charge in [0, 0.05) is 13.1 Å². The smallest absolute Gasteiger partial charge is 0.191 e. The minimum atomic E-state index is -0.172. The van der Waals surface area contributed by atoms with Crippen LogP contribution in [0.2, 0.25) is 0 Å². The summed E-state index contributed by atoms with van der Waals surface area (Å²) in [5.41, 5.74) is 5.90. The minimum Gasteiger partial charge on any atom is -0.370 e. The topological polar surface area (TPSA) is 50.8 Å². The molecule has 2 N–H and O–H groups in total. The molecule has 0 atom stereocenters. The van der Waals surface area contributed by atoms with Crippen molar-refractivity contribution in [1.82, 2.24) is 4.90 Å². The Kier molecular flexibility index (Phi) is 4.09. The molecule has 4 heteroatoms. The van der Waals surface area contributed by atoms with E-state index in [2.05, 4.69) is 32.6 Å². The molecule has 0 unspecified atom stereocenters. The molecular formula is C15H29N3O. The summed E-state index contributed by atoms with van der Waals surface area (Å²) >= 11 is 0. The first-order valence-corrected chi connectivity index (χ1v) is 7.56. The molecule has 1 aliphatic heterocycles. The lowest BCUT2D eigenvalue weighted by Gasteiger charge is -2.47. The van der Waals surface area contributed by atoms with E-state index in [9.17, 15) is 0 Å². The van der Waals surface area contributed by atoms with Crippen LogP contribution in [-0.4, -0.2) is 41.2 Å². The van der Waals surface area contributed by atoms with E-state index in [1.807, 2.05) is 0 Å². The number of guanidine groups is 1. The van der Waals surface area contributed by atoms with E-state index in [0.29, 0.717) is 12.0 Å². The van der Waals surface area contributed by atoms with Crippen LogP contribution in [0, 0.1) is 0 Å². The fraction of sp³-hybridized carbons (Fsp3) is 0.933. The third-order valence-electron chi connectivity index (χ3n) is 3.91. The molecular weight excluding hydrogens is 238 g/mol. The van der Waals surface area contributed by atoms with Gasteiger partial charge < -0.3 is 15.4 Å². The van der Waals surface area contributed by atoms with Crippen molar-refractivity contribution < 1.29 is 4.74 Å². The zero-order chi connectivity index (χ0) is 14.1. The Morgan fingerprint density at radius 3 is 2.11 bits per heavy atom. The molecule has 0 aromatic carbocycles. The Hall–Kier alpha value is -0.770. The van der Waals surface area contributed by atoms with Gasteiger partial charge in [0.2, 0.25) is 0 Å². The van der Waals surface area contributed by atoms with Crippen LogP contribution in [0.3, 0.4) is 0 Å². The fourth-order valence-electron chi connectivity index (χ4n) is 3.43. The summed E-state index contributed by atoms with van der Waals surface area (Å²) in [5, 5.41) is 0. The Labute approximate surface area is 117 Å². The zero-order valence-electron chi connectivity index (χ0n) is 12.9. The molecule has 0 spiro atoms. The number of morpholine rings is 1. The van der Waals surface area contributed by atoms with Crippen molar-refractivity contribution in [3.63, 3.8) is 0 Å². The lowest BCUT2D eigenvalue weighted by molar-refractivity contribution is -0.167.